The summed E-state index contributed by atoms with van der Waals surface area (Å²) in [5, 5.41) is 6.17. The average molecular weight is 440 g/mol. The fraction of sp³-hybridized carbons (Fsp3) is 0.524. The van der Waals surface area contributed by atoms with E-state index in [0.29, 0.717) is 30.6 Å². The molecule has 3 heterocycles. The molecule has 0 saturated carbocycles. The first-order chi connectivity index (χ1) is 14.7. The first kappa shape index (κ1) is 21.8. The third-order valence-corrected chi connectivity index (χ3v) is 5.64. The Bertz CT molecular complexity index is 955. The van der Waals surface area contributed by atoms with Crippen LogP contribution >= 0.6 is 0 Å². The van der Waals surface area contributed by atoms with Crippen LogP contribution in [0.3, 0.4) is 0 Å². The van der Waals surface area contributed by atoms with E-state index in [2.05, 4.69) is 15.6 Å². The molecule has 31 heavy (non-hydrogen) atoms. The second kappa shape index (κ2) is 8.58. The third-order valence-electron chi connectivity index (χ3n) is 5.64. The number of morpholine rings is 1. The topological polar surface area (TPSA) is 66.5 Å². The van der Waals surface area contributed by atoms with Crippen LogP contribution in [0.5, 0.6) is 0 Å². The molecule has 2 N–H and O–H groups in total. The van der Waals surface area contributed by atoms with Gasteiger partial charge in [0, 0.05) is 42.9 Å². The highest BCUT2D eigenvalue weighted by Gasteiger charge is 2.36. The van der Waals surface area contributed by atoms with Crippen LogP contribution in [0.25, 0.3) is 10.9 Å². The molecule has 1 aromatic carbocycles. The molecule has 2 saturated heterocycles. The van der Waals surface area contributed by atoms with Gasteiger partial charge in [0.1, 0.15) is 6.17 Å². The Morgan fingerprint density at radius 3 is 2.84 bits per heavy atom. The predicted octanol–water partition coefficient (Wildman–Crippen LogP) is 2.66. The first-order valence-corrected chi connectivity index (χ1v) is 10.2. The van der Waals surface area contributed by atoms with Crippen molar-refractivity contribution in [2.45, 2.75) is 43.9 Å². The highest BCUT2D eigenvalue weighted by atomic mass is 19.4. The van der Waals surface area contributed by atoms with Gasteiger partial charge in [-0.2, -0.15) is 13.2 Å². The number of anilines is 1. The zero-order valence-corrected chi connectivity index (χ0v) is 17.0. The molecule has 0 aliphatic carbocycles. The van der Waals surface area contributed by atoms with Gasteiger partial charge in [-0.15, -0.1) is 0 Å². The fourth-order valence-corrected chi connectivity index (χ4v) is 4.22. The number of nitrogens with one attached hydrogen (secondary N) is 2. The number of halogens is 4. The van der Waals surface area contributed by atoms with E-state index in [1.807, 2.05) is 11.8 Å². The maximum absolute atomic E-state index is 13.4. The molecular formula is C21H24F4N4O2. The monoisotopic (exact) mass is 440 g/mol. The van der Waals surface area contributed by atoms with Gasteiger partial charge in [0.25, 0.3) is 5.91 Å². The van der Waals surface area contributed by atoms with Crippen molar-refractivity contribution in [2.24, 2.45) is 0 Å². The van der Waals surface area contributed by atoms with Crippen LogP contribution < -0.4 is 15.5 Å². The summed E-state index contributed by atoms with van der Waals surface area (Å²) in [5.41, 5.74) is -0.347. The number of amides is 1. The fourth-order valence-electron chi connectivity index (χ4n) is 4.22. The number of alkyl halides is 4. The summed E-state index contributed by atoms with van der Waals surface area (Å²) < 4.78 is 59.3. The zero-order valence-electron chi connectivity index (χ0n) is 17.0. The molecule has 1 amide bonds. The Morgan fingerprint density at radius 1 is 1.32 bits per heavy atom. The number of hydrogen-bond donors (Lipinski definition) is 2. The lowest BCUT2D eigenvalue weighted by Crippen LogP contribution is -2.54. The van der Waals surface area contributed by atoms with Crippen LogP contribution in [0.2, 0.25) is 0 Å². The minimum absolute atomic E-state index is 0.124. The van der Waals surface area contributed by atoms with E-state index in [1.54, 1.807) is 12.1 Å². The van der Waals surface area contributed by atoms with Crippen molar-refractivity contribution in [3.05, 3.63) is 36.0 Å². The van der Waals surface area contributed by atoms with Gasteiger partial charge in [-0.05, 0) is 37.6 Å². The van der Waals surface area contributed by atoms with Crippen LogP contribution in [-0.4, -0.2) is 61.5 Å². The molecule has 2 aromatic rings. The zero-order chi connectivity index (χ0) is 22.2. The van der Waals surface area contributed by atoms with E-state index < -0.39 is 24.0 Å². The molecule has 4 atom stereocenters. The lowest BCUT2D eigenvalue weighted by Gasteiger charge is -2.38. The van der Waals surface area contributed by atoms with Gasteiger partial charge < -0.3 is 20.3 Å². The standard InChI is InChI=1S/C21H24F4N4O2/c1-12-10-29(11-18(31-12)20(30)28-9-14-7-13(22)8-27-14)17-5-4-16(21(23,24)25)19-15(17)3-2-6-26-19/h2-6,12-14,18,27H,7-11H2,1H3,(H,28,30)/t12-,13-,14+,18-/m1/s1. The molecule has 0 bridgehead atoms. The van der Waals surface area contributed by atoms with Gasteiger partial charge >= 0.3 is 6.18 Å². The molecular weight excluding hydrogens is 416 g/mol. The van der Waals surface area contributed by atoms with E-state index in [9.17, 15) is 22.4 Å². The quantitative estimate of drug-likeness (QED) is 0.716. The molecule has 6 nitrogen and oxygen atoms in total. The van der Waals surface area contributed by atoms with Crippen LogP contribution in [0.4, 0.5) is 23.2 Å². The molecule has 2 aliphatic heterocycles. The number of carbonyl (C=O) groups is 1. The second-order valence-corrected chi connectivity index (χ2v) is 8.05. The van der Waals surface area contributed by atoms with Crippen LogP contribution in [0.1, 0.15) is 18.9 Å². The van der Waals surface area contributed by atoms with Crippen LogP contribution in [0, 0.1) is 0 Å². The summed E-state index contributed by atoms with van der Waals surface area (Å²) in [6.45, 7) is 2.99. The lowest BCUT2D eigenvalue weighted by atomic mass is 10.0. The maximum Gasteiger partial charge on any atom is 0.418 e. The number of hydrogen-bond acceptors (Lipinski definition) is 5. The van der Waals surface area contributed by atoms with Crippen LogP contribution in [0.15, 0.2) is 30.5 Å². The van der Waals surface area contributed by atoms with Gasteiger partial charge in [-0.1, -0.05) is 0 Å². The Balaban J connectivity index is 1.53. The molecule has 168 valence electrons. The minimum Gasteiger partial charge on any atom is -0.365 e. The summed E-state index contributed by atoms with van der Waals surface area (Å²) in [7, 11) is 0. The van der Waals surface area contributed by atoms with Gasteiger partial charge in [-0.25, -0.2) is 4.39 Å². The van der Waals surface area contributed by atoms with E-state index in [4.69, 9.17) is 4.74 Å². The number of aromatic nitrogens is 1. The summed E-state index contributed by atoms with van der Waals surface area (Å²) >= 11 is 0. The van der Waals surface area contributed by atoms with E-state index >= 15 is 0 Å². The summed E-state index contributed by atoms with van der Waals surface area (Å²) in [5.74, 6) is -0.324. The van der Waals surface area contributed by atoms with Gasteiger partial charge in [0.15, 0.2) is 6.10 Å². The van der Waals surface area contributed by atoms with E-state index in [0.717, 1.165) is 6.07 Å². The second-order valence-electron chi connectivity index (χ2n) is 8.05. The molecule has 0 spiro atoms. The van der Waals surface area contributed by atoms with Crippen molar-refractivity contribution in [1.29, 1.82) is 0 Å². The maximum atomic E-state index is 13.4. The number of ether oxygens (including phenoxy) is 1. The Morgan fingerprint density at radius 2 is 2.13 bits per heavy atom. The van der Waals surface area contributed by atoms with Crippen molar-refractivity contribution in [1.82, 2.24) is 15.6 Å². The number of carbonyl (C=O) groups excluding carboxylic acids is 1. The average Bonchev–Trinajstić information content (AvgIpc) is 3.15. The normalized spacial score (nSPS) is 26.9. The van der Waals surface area contributed by atoms with Gasteiger partial charge in [0.2, 0.25) is 0 Å². The third kappa shape index (κ3) is 4.74. The molecule has 4 rings (SSSR count). The molecule has 0 unspecified atom stereocenters. The number of benzene rings is 1. The molecule has 2 fully saturated rings. The molecule has 2 aliphatic rings. The van der Waals surface area contributed by atoms with E-state index in [-0.39, 0.29) is 36.7 Å². The van der Waals surface area contributed by atoms with Crippen LogP contribution in [-0.2, 0) is 15.7 Å². The highest BCUT2D eigenvalue weighted by molar-refractivity contribution is 5.94. The number of fused-ring (bicyclic) bond motifs is 1. The summed E-state index contributed by atoms with van der Waals surface area (Å²) in [4.78, 5) is 18.5. The van der Waals surface area contributed by atoms with Crippen molar-refractivity contribution >= 4 is 22.5 Å². The lowest BCUT2D eigenvalue weighted by molar-refractivity contribution is -0.137. The van der Waals surface area contributed by atoms with Gasteiger partial charge in [-0.3, -0.25) is 9.78 Å². The predicted molar refractivity (Wildman–Crippen MR) is 108 cm³/mol. The van der Waals surface area contributed by atoms with Crippen molar-refractivity contribution in [3.63, 3.8) is 0 Å². The van der Waals surface area contributed by atoms with Crippen molar-refractivity contribution in [2.75, 3.05) is 31.1 Å². The van der Waals surface area contributed by atoms with Crippen molar-refractivity contribution < 1.29 is 27.1 Å². The largest absolute Gasteiger partial charge is 0.418 e. The Kier molecular flexibility index (Phi) is 6.02. The Hall–Kier alpha value is -2.46. The van der Waals surface area contributed by atoms with E-state index in [1.165, 1.54) is 12.3 Å². The molecule has 10 heteroatoms. The molecule has 1 aromatic heterocycles. The smallest absolute Gasteiger partial charge is 0.365 e. The number of rotatable bonds is 4. The SMILES string of the molecule is C[C@@H]1CN(c2ccc(C(F)(F)F)c3ncccc23)C[C@H](C(=O)NC[C@@H]2C[C@@H](F)CN2)O1. The molecule has 0 radical (unpaired) electrons. The number of nitrogens with zero attached hydrogens (tertiary/aromatic N) is 2. The Labute approximate surface area is 176 Å². The number of pyridine rings is 1. The highest BCUT2D eigenvalue weighted by Crippen LogP contribution is 2.38. The minimum atomic E-state index is -4.52. The summed E-state index contributed by atoms with van der Waals surface area (Å²) in [6, 6.07) is 5.51. The van der Waals surface area contributed by atoms with Crippen molar-refractivity contribution in [3.8, 4) is 0 Å². The first-order valence-electron chi connectivity index (χ1n) is 10.2. The van der Waals surface area contributed by atoms with Gasteiger partial charge in [0.05, 0.1) is 23.7 Å². The summed E-state index contributed by atoms with van der Waals surface area (Å²) in [6.07, 6.45) is -4.85.